The van der Waals surface area contributed by atoms with E-state index in [9.17, 15) is 4.79 Å². The lowest BCUT2D eigenvalue weighted by Crippen LogP contribution is -2.39. The number of hydrogen-bond acceptors (Lipinski definition) is 3. The van der Waals surface area contributed by atoms with Crippen molar-refractivity contribution in [2.24, 2.45) is 17.6 Å². The molecule has 114 valence electrons. The van der Waals surface area contributed by atoms with Gasteiger partial charge >= 0.3 is 0 Å². The van der Waals surface area contributed by atoms with E-state index in [4.69, 9.17) is 10.2 Å². The Balaban J connectivity index is 0.00000200. The van der Waals surface area contributed by atoms with E-state index in [1.54, 1.807) is 6.07 Å². The molecule has 1 fully saturated rings. The molecule has 0 bridgehead atoms. The average molecular weight is 301 g/mol. The summed E-state index contributed by atoms with van der Waals surface area (Å²) in [6.45, 7) is 4.85. The van der Waals surface area contributed by atoms with Gasteiger partial charge in [-0.3, -0.25) is 4.79 Å². The lowest BCUT2D eigenvalue weighted by atomic mass is 9.79. The minimum Gasteiger partial charge on any atom is -0.467 e. The Bertz CT molecular complexity index is 431. The fraction of sp³-hybridized carbons (Fsp3) is 0.667. The molecule has 2 rings (SSSR count). The predicted octanol–water partition coefficient (Wildman–Crippen LogP) is 3.10. The molecule has 1 aromatic heterocycles. The van der Waals surface area contributed by atoms with Crippen LogP contribution in [0.2, 0.25) is 0 Å². The number of carbonyl (C=O) groups is 1. The van der Waals surface area contributed by atoms with Crippen LogP contribution < -0.4 is 11.1 Å². The van der Waals surface area contributed by atoms with Crippen molar-refractivity contribution >= 4 is 18.3 Å². The average Bonchev–Trinajstić information content (AvgIpc) is 2.88. The molecule has 4 nitrogen and oxygen atoms in total. The molecule has 0 aromatic carbocycles. The molecule has 20 heavy (non-hydrogen) atoms. The normalized spacial score (nSPS) is 22.4. The first-order valence-electron chi connectivity index (χ1n) is 7.18. The molecule has 2 atom stereocenters. The number of nitrogens with one attached hydrogen (secondary N) is 1. The summed E-state index contributed by atoms with van der Waals surface area (Å²) in [6, 6.07) is 2.02. The molecule has 1 amide bonds. The Hall–Kier alpha value is -1.00. The molecule has 3 N–H and O–H groups in total. The van der Waals surface area contributed by atoms with Crippen LogP contribution in [0, 0.1) is 11.8 Å². The molecule has 1 saturated carbocycles. The third-order valence-electron chi connectivity index (χ3n) is 4.11. The zero-order valence-electron chi connectivity index (χ0n) is 12.2. The highest BCUT2D eigenvalue weighted by Gasteiger charge is 2.25. The van der Waals surface area contributed by atoms with Crippen molar-refractivity contribution in [1.82, 2.24) is 5.32 Å². The first-order chi connectivity index (χ1) is 9.10. The highest BCUT2D eigenvalue weighted by Crippen LogP contribution is 2.30. The van der Waals surface area contributed by atoms with E-state index in [0.717, 1.165) is 18.8 Å². The van der Waals surface area contributed by atoms with Gasteiger partial charge in [-0.1, -0.05) is 26.7 Å². The maximum atomic E-state index is 12.1. The molecule has 0 saturated heterocycles. The first kappa shape index (κ1) is 17.1. The molecule has 1 aromatic rings. The SMILES string of the molecule is CC(C)C1CCCC(NC(=O)c2coc(CN)c2)C1.Cl. The minimum absolute atomic E-state index is 0. The van der Waals surface area contributed by atoms with Crippen molar-refractivity contribution in [2.75, 3.05) is 0 Å². The molecule has 0 aliphatic heterocycles. The van der Waals surface area contributed by atoms with Crippen LogP contribution >= 0.6 is 12.4 Å². The molecule has 0 radical (unpaired) electrons. The molecular formula is C15H25ClN2O2. The van der Waals surface area contributed by atoms with Gasteiger partial charge in [-0.15, -0.1) is 12.4 Å². The van der Waals surface area contributed by atoms with Crippen LogP contribution in [-0.4, -0.2) is 11.9 Å². The van der Waals surface area contributed by atoms with E-state index in [1.165, 1.54) is 19.1 Å². The highest BCUT2D eigenvalue weighted by molar-refractivity contribution is 5.94. The van der Waals surface area contributed by atoms with Gasteiger partial charge in [0, 0.05) is 6.04 Å². The minimum atomic E-state index is -0.0437. The zero-order chi connectivity index (χ0) is 13.8. The molecular weight excluding hydrogens is 276 g/mol. The Labute approximate surface area is 126 Å². The van der Waals surface area contributed by atoms with E-state index in [-0.39, 0.29) is 18.3 Å². The van der Waals surface area contributed by atoms with Crippen LogP contribution in [0.5, 0.6) is 0 Å². The van der Waals surface area contributed by atoms with Gasteiger partial charge in [-0.2, -0.15) is 0 Å². The summed E-state index contributed by atoms with van der Waals surface area (Å²) < 4.78 is 5.20. The number of furan rings is 1. The van der Waals surface area contributed by atoms with E-state index in [1.807, 2.05) is 0 Å². The summed E-state index contributed by atoms with van der Waals surface area (Å²) in [7, 11) is 0. The molecule has 1 heterocycles. The Morgan fingerprint density at radius 2 is 2.25 bits per heavy atom. The van der Waals surface area contributed by atoms with Gasteiger partial charge in [0.25, 0.3) is 5.91 Å². The summed E-state index contributed by atoms with van der Waals surface area (Å²) in [5.41, 5.74) is 6.05. The zero-order valence-corrected chi connectivity index (χ0v) is 13.0. The smallest absolute Gasteiger partial charge is 0.254 e. The second kappa shape index (κ2) is 7.70. The third-order valence-corrected chi connectivity index (χ3v) is 4.11. The second-order valence-corrected chi connectivity index (χ2v) is 5.85. The lowest BCUT2D eigenvalue weighted by molar-refractivity contribution is 0.0912. The van der Waals surface area contributed by atoms with Crippen molar-refractivity contribution in [3.8, 4) is 0 Å². The molecule has 2 unspecified atom stereocenters. The molecule has 5 heteroatoms. The number of hydrogen-bond donors (Lipinski definition) is 2. The Morgan fingerprint density at radius 3 is 2.85 bits per heavy atom. The van der Waals surface area contributed by atoms with E-state index in [0.29, 0.717) is 29.8 Å². The van der Waals surface area contributed by atoms with Gasteiger partial charge in [-0.05, 0) is 30.7 Å². The van der Waals surface area contributed by atoms with Crippen LogP contribution in [0.3, 0.4) is 0 Å². The Kier molecular flexibility index (Phi) is 6.56. The fourth-order valence-electron chi connectivity index (χ4n) is 2.84. The number of amides is 1. The number of carbonyl (C=O) groups excluding carboxylic acids is 1. The van der Waals surface area contributed by atoms with Crippen LogP contribution in [0.1, 0.15) is 55.6 Å². The standard InChI is InChI=1S/C15H24N2O2.ClH/c1-10(2)11-4-3-5-13(6-11)17-15(18)12-7-14(8-16)19-9-12;/h7,9-11,13H,3-6,8,16H2,1-2H3,(H,17,18);1H. The van der Waals surface area contributed by atoms with Crippen LogP contribution in [0.25, 0.3) is 0 Å². The van der Waals surface area contributed by atoms with E-state index >= 15 is 0 Å². The van der Waals surface area contributed by atoms with Crippen molar-refractivity contribution in [3.63, 3.8) is 0 Å². The largest absolute Gasteiger partial charge is 0.467 e. The molecule has 0 spiro atoms. The highest BCUT2D eigenvalue weighted by atomic mass is 35.5. The summed E-state index contributed by atoms with van der Waals surface area (Å²) in [6.07, 6.45) is 6.14. The maximum absolute atomic E-state index is 12.1. The number of rotatable bonds is 4. The van der Waals surface area contributed by atoms with Crippen LogP contribution in [-0.2, 0) is 6.54 Å². The number of halogens is 1. The van der Waals surface area contributed by atoms with Gasteiger partial charge in [0.1, 0.15) is 12.0 Å². The maximum Gasteiger partial charge on any atom is 0.254 e. The van der Waals surface area contributed by atoms with Gasteiger partial charge in [0.05, 0.1) is 12.1 Å². The molecule has 1 aliphatic carbocycles. The van der Waals surface area contributed by atoms with Crippen LogP contribution in [0.15, 0.2) is 16.7 Å². The lowest BCUT2D eigenvalue weighted by Gasteiger charge is -2.32. The van der Waals surface area contributed by atoms with Gasteiger partial charge in [0.15, 0.2) is 0 Å². The van der Waals surface area contributed by atoms with Crippen molar-refractivity contribution in [3.05, 3.63) is 23.7 Å². The topological polar surface area (TPSA) is 68.3 Å². The summed E-state index contributed by atoms with van der Waals surface area (Å²) >= 11 is 0. The summed E-state index contributed by atoms with van der Waals surface area (Å²) in [4.78, 5) is 12.1. The monoisotopic (exact) mass is 300 g/mol. The van der Waals surface area contributed by atoms with Gasteiger partial charge in [-0.25, -0.2) is 0 Å². The quantitative estimate of drug-likeness (QED) is 0.898. The second-order valence-electron chi connectivity index (χ2n) is 5.85. The van der Waals surface area contributed by atoms with Crippen molar-refractivity contribution in [2.45, 2.75) is 52.1 Å². The first-order valence-corrected chi connectivity index (χ1v) is 7.18. The predicted molar refractivity (Wildman–Crippen MR) is 81.9 cm³/mol. The fourth-order valence-corrected chi connectivity index (χ4v) is 2.84. The van der Waals surface area contributed by atoms with Gasteiger partial charge < -0.3 is 15.5 Å². The van der Waals surface area contributed by atoms with E-state index < -0.39 is 0 Å². The van der Waals surface area contributed by atoms with Crippen LogP contribution in [0.4, 0.5) is 0 Å². The summed E-state index contributed by atoms with van der Waals surface area (Å²) in [5.74, 6) is 2.02. The van der Waals surface area contributed by atoms with Crippen molar-refractivity contribution < 1.29 is 9.21 Å². The third kappa shape index (κ3) is 4.25. The summed E-state index contributed by atoms with van der Waals surface area (Å²) in [5, 5.41) is 3.12. The number of nitrogens with two attached hydrogens (primary N) is 1. The van der Waals surface area contributed by atoms with E-state index in [2.05, 4.69) is 19.2 Å². The Morgan fingerprint density at radius 1 is 1.50 bits per heavy atom. The van der Waals surface area contributed by atoms with Crippen molar-refractivity contribution in [1.29, 1.82) is 0 Å². The molecule has 1 aliphatic rings. The van der Waals surface area contributed by atoms with Gasteiger partial charge in [0.2, 0.25) is 0 Å².